The summed E-state index contributed by atoms with van der Waals surface area (Å²) in [4.78, 5) is 2.16. The van der Waals surface area contributed by atoms with Gasteiger partial charge in [0.05, 0.1) is 13.2 Å². The van der Waals surface area contributed by atoms with Crippen LogP contribution in [-0.4, -0.2) is 37.2 Å². The standard InChI is InChI=1S/C13H18F2N2O/c1-9-8-18-5-4-17(9)7-13(16)11-3-2-10(14)6-12(11)15/h2-3,6,9,13H,4-5,7-8,16H2,1H3. The zero-order valence-corrected chi connectivity index (χ0v) is 10.4. The Morgan fingerprint density at radius 1 is 1.50 bits per heavy atom. The average molecular weight is 256 g/mol. The van der Waals surface area contributed by atoms with Crippen LogP contribution in [0.5, 0.6) is 0 Å². The molecule has 1 heterocycles. The van der Waals surface area contributed by atoms with E-state index in [0.29, 0.717) is 25.3 Å². The monoisotopic (exact) mass is 256 g/mol. The van der Waals surface area contributed by atoms with Crippen LogP contribution in [0.2, 0.25) is 0 Å². The van der Waals surface area contributed by atoms with Crippen LogP contribution >= 0.6 is 0 Å². The van der Waals surface area contributed by atoms with E-state index in [9.17, 15) is 8.78 Å². The third-order valence-electron chi connectivity index (χ3n) is 3.30. The summed E-state index contributed by atoms with van der Waals surface area (Å²) < 4.78 is 31.7. The second kappa shape index (κ2) is 5.73. The summed E-state index contributed by atoms with van der Waals surface area (Å²) in [7, 11) is 0. The molecule has 0 saturated carbocycles. The van der Waals surface area contributed by atoms with Crippen molar-refractivity contribution in [1.82, 2.24) is 4.90 Å². The van der Waals surface area contributed by atoms with Gasteiger partial charge in [-0.1, -0.05) is 6.07 Å². The molecule has 1 aromatic rings. The van der Waals surface area contributed by atoms with Gasteiger partial charge in [0.1, 0.15) is 11.6 Å². The van der Waals surface area contributed by atoms with Crippen LogP contribution in [-0.2, 0) is 4.74 Å². The van der Waals surface area contributed by atoms with Gasteiger partial charge in [-0.3, -0.25) is 4.90 Å². The van der Waals surface area contributed by atoms with Crippen molar-refractivity contribution < 1.29 is 13.5 Å². The van der Waals surface area contributed by atoms with Crippen LogP contribution in [0, 0.1) is 11.6 Å². The van der Waals surface area contributed by atoms with Crippen LogP contribution in [0.1, 0.15) is 18.5 Å². The number of morpholine rings is 1. The number of nitrogens with zero attached hydrogens (tertiary/aromatic N) is 1. The highest BCUT2D eigenvalue weighted by atomic mass is 19.1. The molecule has 0 aromatic heterocycles. The van der Waals surface area contributed by atoms with Gasteiger partial charge in [-0.05, 0) is 13.0 Å². The van der Waals surface area contributed by atoms with Gasteiger partial charge in [0.25, 0.3) is 0 Å². The summed E-state index contributed by atoms with van der Waals surface area (Å²) in [5.41, 5.74) is 6.35. The highest BCUT2D eigenvalue weighted by molar-refractivity contribution is 5.22. The number of hydrogen-bond acceptors (Lipinski definition) is 3. The van der Waals surface area contributed by atoms with Gasteiger partial charge < -0.3 is 10.5 Å². The van der Waals surface area contributed by atoms with E-state index in [1.54, 1.807) is 0 Å². The van der Waals surface area contributed by atoms with Crippen molar-refractivity contribution in [1.29, 1.82) is 0 Å². The Kier molecular flexibility index (Phi) is 4.27. The molecule has 1 aliphatic heterocycles. The third-order valence-corrected chi connectivity index (χ3v) is 3.30. The summed E-state index contributed by atoms with van der Waals surface area (Å²) in [5.74, 6) is -1.16. The fourth-order valence-electron chi connectivity index (χ4n) is 2.19. The first kappa shape index (κ1) is 13.4. The van der Waals surface area contributed by atoms with Gasteiger partial charge in [-0.2, -0.15) is 0 Å². The van der Waals surface area contributed by atoms with Crippen LogP contribution < -0.4 is 5.73 Å². The van der Waals surface area contributed by atoms with E-state index >= 15 is 0 Å². The first-order valence-electron chi connectivity index (χ1n) is 6.10. The van der Waals surface area contributed by atoms with Gasteiger partial charge in [0.2, 0.25) is 0 Å². The maximum atomic E-state index is 13.6. The Hall–Kier alpha value is -1.04. The molecule has 5 heteroatoms. The molecule has 2 atom stereocenters. The van der Waals surface area contributed by atoms with Gasteiger partial charge in [0, 0.05) is 36.8 Å². The predicted molar refractivity (Wildman–Crippen MR) is 65.1 cm³/mol. The van der Waals surface area contributed by atoms with Gasteiger partial charge in [0.15, 0.2) is 0 Å². The third kappa shape index (κ3) is 3.04. The molecule has 1 aliphatic rings. The van der Waals surface area contributed by atoms with Crippen molar-refractivity contribution in [3.63, 3.8) is 0 Å². The quantitative estimate of drug-likeness (QED) is 0.894. The molecule has 1 aromatic carbocycles. The summed E-state index contributed by atoms with van der Waals surface area (Å²) in [5, 5.41) is 0. The topological polar surface area (TPSA) is 38.5 Å². The second-order valence-corrected chi connectivity index (χ2v) is 4.69. The van der Waals surface area contributed by atoms with E-state index < -0.39 is 17.7 Å². The molecule has 1 saturated heterocycles. The average Bonchev–Trinajstić information content (AvgIpc) is 2.32. The molecule has 2 rings (SSSR count). The highest BCUT2D eigenvalue weighted by Crippen LogP contribution is 2.19. The zero-order chi connectivity index (χ0) is 13.1. The minimum Gasteiger partial charge on any atom is -0.379 e. The molecule has 0 aliphatic carbocycles. The van der Waals surface area contributed by atoms with Crippen molar-refractivity contribution in [3.8, 4) is 0 Å². The minimum absolute atomic E-state index is 0.272. The Morgan fingerprint density at radius 2 is 2.28 bits per heavy atom. The van der Waals surface area contributed by atoms with E-state index in [2.05, 4.69) is 4.90 Å². The molecular formula is C13H18F2N2O. The maximum absolute atomic E-state index is 13.6. The lowest BCUT2D eigenvalue weighted by Crippen LogP contribution is -2.46. The predicted octanol–water partition coefficient (Wildman–Crippen LogP) is 1.69. The number of halogens is 2. The minimum atomic E-state index is -0.580. The zero-order valence-electron chi connectivity index (χ0n) is 10.4. The van der Waals surface area contributed by atoms with Crippen LogP contribution in [0.3, 0.4) is 0 Å². The van der Waals surface area contributed by atoms with Gasteiger partial charge >= 0.3 is 0 Å². The lowest BCUT2D eigenvalue weighted by Gasteiger charge is -2.35. The first-order chi connectivity index (χ1) is 8.58. The summed E-state index contributed by atoms with van der Waals surface area (Å²) in [6.45, 7) is 4.72. The van der Waals surface area contributed by atoms with E-state index in [-0.39, 0.29) is 6.04 Å². The Morgan fingerprint density at radius 3 is 2.94 bits per heavy atom. The van der Waals surface area contributed by atoms with E-state index in [1.807, 2.05) is 6.92 Å². The number of benzene rings is 1. The van der Waals surface area contributed by atoms with E-state index in [0.717, 1.165) is 12.6 Å². The number of ether oxygens (including phenoxy) is 1. The number of rotatable bonds is 3. The van der Waals surface area contributed by atoms with Crippen molar-refractivity contribution in [2.24, 2.45) is 5.73 Å². The van der Waals surface area contributed by atoms with E-state index in [4.69, 9.17) is 10.5 Å². The van der Waals surface area contributed by atoms with Crippen LogP contribution in [0.4, 0.5) is 8.78 Å². The molecule has 1 fully saturated rings. The fourth-order valence-corrected chi connectivity index (χ4v) is 2.19. The smallest absolute Gasteiger partial charge is 0.130 e. The summed E-state index contributed by atoms with van der Waals surface area (Å²) in [6, 6.07) is 3.35. The highest BCUT2D eigenvalue weighted by Gasteiger charge is 2.22. The molecule has 3 nitrogen and oxygen atoms in total. The second-order valence-electron chi connectivity index (χ2n) is 4.69. The largest absolute Gasteiger partial charge is 0.379 e. The Bertz CT molecular complexity index is 414. The summed E-state index contributed by atoms with van der Waals surface area (Å²) in [6.07, 6.45) is 0. The Balaban J connectivity index is 2.04. The SMILES string of the molecule is CC1COCCN1CC(N)c1ccc(F)cc1F. The van der Waals surface area contributed by atoms with Crippen molar-refractivity contribution in [2.75, 3.05) is 26.3 Å². The molecule has 0 radical (unpaired) electrons. The summed E-state index contributed by atoms with van der Waals surface area (Å²) >= 11 is 0. The maximum Gasteiger partial charge on any atom is 0.130 e. The molecule has 18 heavy (non-hydrogen) atoms. The van der Waals surface area contributed by atoms with Crippen molar-refractivity contribution in [3.05, 3.63) is 35.4 Å². The first-order valence-corrected chi connectivity index (χ1v) is 6.10. The number of nitrogens with two attached hydrogens (primary N) is 1. The van der Waals surface area contributed by atoms with Crippen LogP contribution in [0.25, 0.3) is 0 Å². The lowest BCUT2D eigenvalue weighted by molar-refractivity contribution is -0.00293. The Labute approximate surface area is 106 Å². The van der Waals surface area contributed by atoms with Crippen molar-refractivity contribution in [2.45, 2.75) is 19.0 Å². The molecule has 0 amide bonds. The molecule has 0 bridgehead atoms. The van der Waals surface area contributed by atoms with Crippen molar-refractivity contribution >= 4 is 0 Å². The van der Waals surface area contributed by atoms with Gasteiger partial charge in [-0.15, -0.1) is 0 Å². The molecular weight excluding hydrogens is 238 g/mol. The molecule has 100 valence electrons. The lowest BCUT2D eigenvalue weighted by atomic mass is 10.1. The normalized spacial score (nSPS) is 23.0. The van der Waals surface area contributed by atoms with Crippen LogP contribution in [0.15, 0.2) is 18.2 Å². The number of hydrogen-bond donors (Lipinski definition) is 1. The van der Waals surface area contributed by atoms with E-state index in [1.165, 1.54) is 12.1 Å². The molecule has 2 N–H and O–H groups in total. The fraction of sp³-hybridized carbons (Fsp3) is 0.538. The molecule has 0 spiro atoms. The molecule has 2 unspecified atom stereocenters. The van der Waals surface area contributed by atoms with Gasteiger partial charge in [-0.25, -0.2) is 8.78 Å².